The number of pyridine rings is 1. The van der Waals surface area contributed by atoms with Gasteiger partial charge in [0.2, 0.25) is 0 Å². The standard InChI is InChI=1S/C12H11NO2S/c14-8-12-7-11(9-16-12)15-6-4-10-3-1-2-5-13-10/h1-3,5,7-9H,4,6H2. The maximum atomic E-state index is 10.5. The van der Waals surface area contributed by atoms with Gasteiger partial charge >= 0.3 is 0 Å². The lowest BCUT2D eigenvalue weighted by Gasteiger charge is -2.02. The zero-order valence-electron chi connectivity index (χ0n) is 8.63. The van der Waals surface area contributed by atoms with Crippen molar-refractivity contribution >= 4 is 17.6 Å². The largest absolute Gasteiger partial charge is 0.492 e. The van der Waals surface area contributed by atoms with Crippen LogP contribution in [-0.2, 0) is 6.42 Å². The molecule has 0 unspecified atom stereocenters. The number of carbonyl (C=O) groups is 1. The molecule has 0 aliphatic carbocycles. The van der Waals surface area contributed by atoms with Crippen molar-refractivity contribution in [2.45, 2.75) is 6.42 Å². The Morgan fingerprint density at radius 3 is 3.06 bits per heavy atom. The van der Waals surface area contributed by atoms with Crippen LogP contribution in [-0.4, -0.2) is 17.9 Å². The number of rotatable bonds is 5. The molecule has 2 rings (SSSR count). The molecule has 3 nitrogen and oxygen atoms in total. The fourth-order valence-electron chi connectivity index (χ4n) is 1.29. The van der Waals surface area contributed by atoms with Crippen LogP contribution in [0.15, 0.2) is 35.8 Å². The second kappa shape index (κ2) is 5.42. The smallest absolute Gasteiger partial charge is 0.160 e. The van der Waals surface area contributed by atoms with Crippen molar-refractivity contribution in [2.75, 3.05) is 6.61 Å². The summed E-state index contributed by atoms with van der Waals surface area (Å²) in [5, 5.41) is 1.84. The molecule has 0 fully saturated rings. The van der Waals surface area contributed by atoms with Crippen molar-refractivity contribution in [2.24, 2.45) is 0 Å². The van der Waals surface area contributed by atoms with E-state index in [0.717, 1.165) is 24.2 Å². The Morgan fingerprint density at radius 2 is 2.38 bits per heavy atom. The minimum Gasteiger partial charge on any atom is -0.492 e. The average molecular weight is 233 g/mol. The van der Waals surface area contributed by atoms with Gasteiger partial charge in [0.15, 0.2) is 6.29 Å². The maximum Gasteiger partial charge on any atom is 0.160 e. The highest BCUT2D eigenvalue weighted by Gasteiger charge is 2.00. The van der Waals surface area contributed by atoms with E-state index in [4.69, 9.17) is 4.74 Å². The van der Waals surface area contributed by atoms with Gasteiger partial charge in [-0.25, -0.2) is 0 Å². The van der Waals surface area contributed by atoms with Gasteiger partial charge in [-0.1, -0.05) is 6.07 Å². The molecule has 0 aliphatic rings. The topological polar surface area (TPSA) is 39.2 Å². The summed E-state index contributed by atoms with van der Waals surface area (Å²) >= 11 is 1.39. The van der Waals surface area contributed by atoms with E-state index < -0.39 is 0 Å². The molecule has 0 amide bonds. The van der Waals surface area contributed by atoms with Crippen LogP contribution in [0.2, 0.25) is 0 Å². The summed E-state index contributed by atoms with van der Waals surface area (Å²) in [6.07, 6.45) is 3.37. The van der Waals surface area contributed by atoms with E-state index in [2.05, 4.69) is 4.98 Å². The lowest BCUT2D eigenvalue weighted by Crippen LogP contribution is -2.01. The van der Waals surface area contributed by atoms with Gasteiger partial charge in [0, 0.05) is 29.8 Å². The van der Waals surface area contributed by atoms with Crippen LogP contribution >= 0.6 is 11.3 Å². The van der Waals surface area contributed by atoms with Crippen LogP contribution in [0.4, 0.5) is 0 Å². The zero-order chi connectivity index (χ0) is 11.2. The first-order chi connectivity index (χ1) is 7.88. The van der Waals surface area contributed by atoms with Gasteiger partial charge in [0.25, 0.3) is 0 Å². The fraction of sp³-hybridized carbons (Fsp3) is 0.167. The van der Waals surface area contributed by atoms with E-state index in [1.54, 1.807) is 12.3 Å². The lowest BCUT2D eigenvalue weighted by atomic mass is 10.3. The number of carbonyl (C=O) groups excluding carboxylic acids is 1. The van der Waals surface area contributed by atoms with Crippen molar-refractivity contribution in [3.8, 4) is 5.75 Å². The molecule has 0 aliphatic heterocycles. The van der Waals surface area contributed by atoms with Gasteiger partial charge < -0.3 is 4.74 Å². The molecule has 0 bridgehead atoms. The summed E-state index contributed by atoms with van der Waals surface area (Å²) in [6.45, 7) is 0.575. The minimum absolute atomic E-state index is 0.575. The van der Waals surface area contributed by atoms with Crippen LogP contribution in [0.3, 0.4) is 0 Å². The van der Waals surface area contributed by atoms with Gasteiger partial charge in [0.1, 0.15) is 5.75 Å². The molecule has 2 aromatic rings. The molecular weight excluding hydrogens is 222 g/mol. The molecule has 2 heterocycles. The molecule has 0 saturated heterocycles. The highest BCUT2D eigenvalue weighted by atomic mass is 32.1. The number of hydrogen-bond donors (Lipinski definition) is 0. The van der Waals surface area contributed by atoms with Crippen LogP contribution < -0.4 is 4.74 Å². The molecule has 16 heavy (non-hydrogen) atoms. The van der Waals surface area contributed by atoms with Crippen LogP contribution in [0.25, 0.3) is 0 Å². The number of thiophene rings is 1. The highest BCUT2D eigenvalue weighted by Crippen LogP contribution is 2.19. The maximum absolute atomic E-state index is 10.5. The van der Waals surface area contributed by atoms with E-state index in [1.165, 1.54) is 11.3 Å². The summed E-state index contributed by atoms with van der Waals surface area (Å²) in [5.74, 6) is 0.753. The van der Waals surface area contributed by atoms with Gasteiger partial charge in [-0.15, -0.1) is 11.3 Å². The number of ether oxygens (including phenoxy) is 1. The molecule has 0 aromatic carbocycles. The molecule has 0 saturated carbocycles. The van der Waals surface area contributed by atoms with E-state index in [9.17, 15) is 4.79 Å². The summed E-state index contributed by atoms with van der Waals surface area (Å²) in [6, 6.07) is 7.56. The van der Waals surface area contributed by atoms with E-state index >= 15 is 0 Å². The van der Waals surface area contributed by atoms with Gasteiger partial charge in [-0.2, -0.15) is 0 Å². The predicted molar refractivity (Wildman–Crippen MR) is 63.1 cm³/mol. The third-order valence-electron chi connectivity index (χ3n) is 2.06. The Bertz CT molecular complexity index is 453. The highest BCUT2D eigenvalue weighted by molar-refractivity contribution is 7.11. The summed E-state index contributed by atoms with van der Waals surface area (Å²) < 4.78 is 5.50. The van der Waals surface area contributed by atoms with Crippen LogP contribution in [0.5, 0.6) is 5.75 Å². The summed E-state index contributed by atoms with van der Waals surface area (Å²) in [7, 11) is 0. The summed E-state index contributed by atoms with van der Waals surface area (Å²) in [5.41, 5.74) is 1.01. The first kappa shape index (κ1) is 10.8. The molecule has 82 valence electrons. The number of hydrogen-bond acceptors (Lipinski definition) is 4. The molecule has 0 spiro atoms. The number of aldehydes is 1. The monoisotopic (exact) mass is 233 g/mol. The Balaban J connectivity index is 1.82. The van der Waals surface area contributed by atoms with Crippen molar-refractivity contribution in [3.05, 3.63) is 46.4 Å². The lowest BCUT2D eigenvalue weighted by molar-refractivity contribution is 0.112. The van der Waals surface area contributed by atoms with E-state index in [1.807, 2.05) is 23.6 Å². The summed E-state index contributed by atoms with van der Waals surface area (Å²) in [4.78, 5) is 15.3. The third-order valence-corrected chi connectivity index (χ3v) is 2.90. The molecule has 0 radical (unpaired) electrons. The van der Waals surface area contributed by atoms with E-state index in [-0.39, 0.29) is 0 Å². The number of nitrogens with zero attached hydrogens (tertiary/aromatic N) is 1. The zero-order valence-corrected chi connectivity index (χ0v) is 9.44. The minimum atomic E-state index is 0.575. The SMILES string of the molecule is O=Cc1cc(OCCc2ccccn2)cs1. The second-order valence-corrected chi connectivity index (χ2v) is 4.16. The Hall–Kier alpha value is -1.68. The molecular formula is C12H11NO2S. The molecule has 4 heteroatoms. The van der Waals surface area contributed by atoms with Crippen molar-refractivity contribution in [3.63, 3.8) is 0 Å². The Labute approximate surface area is 97.7 Å². The van der Waals surface area contributed by atoms with Gasteiger partial charge in [0.05, 0.1) is 11.5 Å². The number of aromatic nitrogens is 1. The second-order valence-electron chi connectivity index (χ2n) is 3.22. The Morgan fingerprint density at radius 1 is 1.44 bits per heavy atom. The van der Waals surface area contributed by atoms with Gasteiger partial charge in [-0.3, -0.25) is 9.78 Å². The van der Waals surface area contributed by atoms with Crippen LogP contribution in [0, 0.1) is 0 Å². The average Bonchev–Trinajstić information content (AvgIpc) is 2.78. The van der Waals surface area contributed by atoms with Crippen molar-refractivity contribution in [1.29, 1.82) is 0 Å². The first-order valence-electron chi connectivity index (χ1n) is 4.95. The first-order valence-corrected chi connectivity index (χ1v) is 5.83. The fourth-order valence-corrected chi connectivity index (χ4v) is 1.92. The third kappa shape index (κ3) is 2.90. The van der Waals surface area contributed by atoms with Crippen molar-refractivity contribution < 1.29 is 9.53 Å². The van der Waals surface area contributed by atoms with E-state index in [0.29, 0.717) is 11.5 Å². The quantitative estimate of drug-likeness (QED) is 0.745. The van der Waals surface area contributed by atoms with Crippen molar-refractivity contribution in [1.82, 2.24) is 4.98 Å². The van der Waals surface area contributed by atoms with Gasteiger partial charge in [-0.05, 0) is 12.1 Å². The normalized spacial score (nSPS) is 10.0. The predicted octanol–water partition coefficient (Wildman–Crippen LogP) is 2.58. The molecule has 0 atom stereocenters. The van der Waals surface area contributed by atoms with Crippen LogP contribution in [0.1, 0.15) is 15.4 Å². The molecule has 2 aromatic heterocycles. The Kier molecular flexibility index (Phi) is 3.66. The molecule has 0 N–H and O–H groups in total.